The first-order chi connectivity index (χ1) is 12.6. The molecule has 1 fully saturated rings. The summed E-state index contributed by atoms with van der Waals surface area (Å²) in [6.45, 7) is 3.49. The van der Waals surface area contributed by atoms with E-state index in [1.165, 1.54) is 22.6 Å². The van der Waals surface area contributed by atoms with Crippen molar-refractivity contribution < 1.29 is 13.9 Å². The van der Waals surface area contributed by atoms with Crippen molar-refractivity contribution in [3.05, 3.63) is 57.5 Å². The number of benzene rings is 1. The van der Waals surface area contributed by atoms with Crippen LogP contribution in [0.25, 0.3) is 0 Å². The number of nitrogens with one attached hydrogen (secondary N) is 1. The molecular weight excluding hydrogens is 351 g/mol. The Kier molecular flexibility index (Phi) is 4.96. The molecule has 2 aliphatic heterocycles. The summed E-state index contributed by atoms with van der Waals surface area (Å²) in [5.74, 6) is -0.277. The summed E-state index contributed by atoms with van der Waals surface area (Å²) in [4.78, 5) is 16.3. The molecule has 2 aliphatic rings. The van der Waals surface area contributed by atoms with Gasteiger partial charge in [-0.25, -0.2) is 9.18 Å². The lowest BCUT2D eigenvalue weighted by Crippen LogP contribution is -2.47. The SMILES string of the molecule is C[C@@H]1c2ccsc2CCN1C(=O)N[C@@H](c1ccc(F)cc1)[C@@H]1CCCO1. The highest BCUT2D eigenvalue weighted by Gasteiger charge is 2.33. The van der Waals surface area contributed by atoms with E-state index < -0.39 is 0 Å². The van der Waals surface area contributed by atoms with Gasteiger partial charge >= 0.3 is 6.03 Å². The molecule has 4 rings (SSSR count). The molecule has 0 aliphatic carbocycles. The van der Waals surface area contributed by atoms with Gasteiger partial charge in [0.25, 0.3) is 0 Å². The Morgan fingerprint density at radius 1 is 1.35 bits per heavy atom. The normalized spacial score (nSPS) is 23.5. The van der Waals surface area contributed by atoms with E-state index in [1.54, 1.807) is 23.5 Å². The fourth-order valence-corrected chi connectivity index (χ4v) is 4.89. The summed E-state index contributed by atoms with van der Waals surface area (Å²) < 4.78 is 19.1. The second kappa shape index (κ2) is 7.37. The van der Waals surface area contributed by atoms with Crippen LogP contribution < -0.4 is 5.32 Å². The van der Waals surface area contributed by atoms with E-state index in [4.69, 9.17) is 4.74 Å². The fraction of sp³-hybridized carbons (Fsp3) is 0.450. The zero-order valence-electron chi connectivity index (χ0n) is 14.8. The summed E-state index contributed by atoms with van der Waals surface area (Å²) in [6, 6.07) is 8.16. The Hall–Kier alpha value is -1.92. The van der Waals surface area contributed by atoms with Gasteiger partial charge in [-0.2, -0.15) is 0 Å². The van der Waals surface area contributed by atoms with E-state index in [0.717, 1.165) is 24.8 Å². The maximum Gasteiger partial charge on any atom is 0.318 e. The maximum absolute atomic E-state index is 13.3. The Bertz CT molecular complexity index is 770. The van der Waals surface area contributed by atoms with Crippen molar-refractivity contribution >= 4 is 17.4 Å². The minimum absolute atomic E-state index is 0.0587. The average Bonchev–Trinajstić information content (AvgIpc) is 3.33. The number of carbonyl (C=O) groups is 1. The number of hydrogen-bond donors (Lipinski definition) is 1. The summed E-state index contributed by atoms with van der Waals surface area (Å²) in [7, 11) is 0. The minimum atomic E-state index is -0.277. The van der Waals surface area contributed by atoms with E-state index >= 15 is 0 Å². The van der Waals surface area contributed by atoms with Crippen molar-refractivity contribution in [3.63, 3.8) is 0 Å². The third-order valence-electron chi connectivity index (χ3n) is 5.38. The summed E-state index contributed by atoms with van der Waals surface area (Å²) in [5.41, 5.74) is 2.12. The first-order valence-corrected chi connectivity index (χ1v) is 10.0. The molecule has 1 N–H and O–H groups in total. The van der Waals surface area contributed by atoms with Gasteiger partial charge in [0.15, 0.2) is 0 Å². The minimum Gasteiger partial charge on any atom is -0.376 e. The van der Waals surface area contributed by atoms with Gasteiger partial charge in [0.2, 0.25) is 0 Å². The molecule has 3 atom stereocenters. The molecule has 26 heavy (non-hydrogen) atoms. The number of carbonyl (C=O) groups excluding carboxylic acids is 1. The van der Waals surface area contributed by atoms with E-state index in [1.807, 2.05) is 4.90 Å². The van der Waals surface area contributed by atoms with E-state index in [9.17, 15) is 9.18 Å². The molecule has 0 radical (unpaired) electrons. The monoisotopic (exact) mass is 374 g/mol. The first-order valence-electron chi connectivity index (χ1n) is 9.14. The van der Waals surface area contributed by atoms with Gasteiger partial charge in [0.1, 0.15) is 5.82 Å². The largest absolute Gasteiger partial charge is 0.376 e. The molecule has 1 aromatic carbocycles. The number of thiophene rings is 1. The van der Waals surface area contributed by atoms with Gasteiger partial charge in [-0.1, -0.05) is 12.1 Å². The highest BCUT2D eigenvalue weighted by Crippen LogP contribution is 2.34. The van der Waals surface area contributed by atoms with Crippen molar-refractivity contribution in [2.24, 2.45) is 0 Å². The summed E-state index contributed by atoms with van der Waals surface area (Å²) in [6.07, 6.45) is 2.70. The van der Waals surface area contributed by atoms with Crippen LogP contribution in [0.4, 0.5) is 9.18 Å². The van der Waals surface area contributed by atoms with Gasteiger partial charge in [0, 0.05) is 18.0 Å². The number of rotatable bonds is 3. The molecule has 0 bridgehead atoms. The van der Waals surface area contributed by atoms with Crippen LogP contribution in [0.1, 0.15) is 47.9 Å². The van der Waals surface area contributed by atoms with Crippen LogP contribution in [0.5, 0.6) is 0 Å². The van der Waals surface area contributed by atoms with Crippen LogP contribution in [0.3, 0.4) is 0 Å². The number of urea groups is 1. The van der Waals surface area contributed by atoms with E-state index in [0.29, 0.717) is 13.2 Å². The molecule has 2 amide bonds. The maximum atomic E-state index is 13.3. The van der Waals surface area contributed by atoms with Crippen LogP contribution in [-0.2, 0) is 11.2 Å². The van der Waals surface area contributed by atoms with Crippen molar-refractivity contribution in [3.8, 4) is 0 Å². The van der Waals surface area contributed by atoms with Crippen molar-refractivity contribution in [1.82, 2.24) is 10.2 Å². The van der Waals surface area contributed by atoms with Crippen LogP contribution in [0.15, 0.2) is 35.7 Å². The van der Waals surface area contributed by atoms with E-state index in [2.05, 4.69) is 23.7 Å². The molecule has 4 nitrogen and oxygen atoms in total. The molecular formula is C20H23FN2O2S. The van der Waals surface area contributed by atoms with Gasteiger partial charge in [-0.05, 0) is 60.9 Å². The predicted octanol–water partition coefficient (Wildman–Crippen LogP) is 4.44. The molecule has 0 saturated carbocycles. The van der Waals surface area contributed by atoms with Gasteiger partial charge in [0.05, 0.1) is 18.2 Å². The number of amides is 2. The lowest BCUT2D eigenvalue weighted by molar-refractivity contribution is 0.0764. The lowest BCUT2D eigenvalue weighted by atomic mass is 9.98. The predicted molar refractivity (Wildman–Crippen MR) is 99.8 cm³/mol. The zero-order chi connectivity index (χ0) is 18.1. The Morgan fingerprint density at radius 3 is 2.88 bits per heavy atom. The molecule has 0 spiro atoms. The first kappa shape index (κ1) is 17.5. The molecule has 1 aromatic heterocycles. The summed E-state index contributed by atoms with van der Waals surface area (Å²) >= 11 is 1.76. The Labute approximate surface area is 157 Å². The Balaban J connectivity index is 1.53. The smallest absolute Gasteiger partial charge is 0.318 e. The van der Waals surface area contributed by atoms with E-state index in [-0.39, 0.29) is 30.0 Å². The number of ether oxygens (including phenoxy) is 1. The topological polar surface area (TPSA) is 41.6 Å². The summed E-state index contributed by atoms with van der Waals surface area (Å²) in [5, 5.41) is 5.25. The fourth-order valence-electron chi connectivity index (χ4n) is 3.93. The molecule has 1 saturated heterocycles. The number of halogens is 1. The standard InChI is InChI=1S/C20H23FN2O2S/c1-13-16-9-12-26-18(16)8-10-23(13)20(24)22-19(17-3-2-11-25-17)14-4-6-15(21)7-5-14/h4-7,9,12-13,17,19H,2-3,8,10-11H2,1H3,(H,22,24)/t13-,17+,19+/m1/s1. The molecule has 6 heteroatoms. The zero-order valence-corrected chi connectivity index (χ0v) is 15.6. The van der Waals surface area contributed by atoms with Crippen LogP contribution in [-0.4, -0.2) is 30.2 Å². The second-order valence-corrected chi connectivity index (χ2v) is 7.95. The van der Waals surface area contributed by atoms with Crippen LogP contribution in [0, 0.1) is 5.82 Å². The number of nitrogens with zero attached hydrogens (tertiary/aromatic N) is 1. The quantitative estimate of drug-likeness (QED) is 0.863. The molecule has 138 valence electrons. The molecule has 2 aromatic rings. The van der Waals surface area contributed by atoms with Gasteiger partial charge in [-0.3, -0.25) is 0 Å². The van der Waals surface area contributed by atoms with Crippen LogP contribution >= 0.6 is 11.3 Å². The van der Waals surface area contributed by atoms with Crippen molar-refractivity contribution in [1.29, 1.82) is 0 Å². The van der Waals surface area contributed by atoms with Crippen LogP contribution in [0.2, 0.25) is 0 Å². The highest BCUT2D eigenvalue weighted by molar-refractivity contribution is 7.10. The third kappa shape index (κ3) is 3.35. The third-order valence-corrected chi connectivity index (χ3v) is 6.38. The highest BCUT2D eigenvalue weighted by atomic mass is 32.1. The Morgan fingerprint density at radius 2 is 2.15 bits per heavy atom. The van der Waals surface area contributed by atoms with Crippen molar-refractivity contribution in [2.75, 3.05) is 13.2 Å². The molecule has 0 unspecified atom stereocenters. The second-order valence-electron chi connectivity index (χ2n) is 6.95. The van der Waals surface area contributed by atoms with Gasteiger partial charge in [-0.15, -0.1) is 11.3 Å². The number of fused-ring (bicyclic) bond motifs is 1. The van der Waals surface area contributed by atoms with Gasteiger partial charge < -0.3 is 15.0 Å². The van der Waals surface area contributed by atoms with Crippen molar-refractivity contribution in [2.45, 2.75) is 44.4 Å². The average molecular weight is 374 g/mol. The number of hydrogen-bond acceptors (Lipinski definition) is 3. The lowest BCUT2D eigenvalue weighted by Gasteiger charge is -2.36. The molecule has 3 heterocycles.